The molecular formula is C22H35N3O2. The first-order chi connectivity index (χ1) is 13.1. The molecule has 27 heavy (non-hydrogen) atoms. The average molecular weight is 374 g/mol. The van der Waals surface area contributed by atoms with E-state index in [4.69, 9.17) is 0 Å². The minimum Gasteiger partial charge on any atom is -0.371 e. The smallest absolute Gasteiger partial charge is 0.246 e. The van der Waals surface area contributed by atoms with Crippen LogP contribution in [0.2, 0.25) is 0 Å². The van der Waals surface area contributed by atoms with Gasteiger partial charge in [0.25, 0.3) is 0 Å². The lowest BCUT2D eigenvalue weighted by Gasteiger charge is -2.21. The van der Waals surface area contributed by atoms with Gasteiger partial charge in [0.2, 0.25) is 11.8 Å². The van der Waals surface area contributed by atoms with Gasteiger partial charge in [-0.25, -0.2) is 0 Å². The van der Waals surface area contributed by atoms with E-state index in [0.717, 1.165) is 56.6 Å². The first-order valence-electron chi connectivity index (χ1n) is 10.6. The number of hydrogen-bond acceptors (Lipinski definition) is 3. The minimum absolute atomic E-state index is 0.0227. The third-order valence-corrected chi connectivity index (χ3v) is 5.09. The molecule has 150 valence electrons. The van der Waals surface area contributed by atoms with E-state index in [0.29, 0.717) is 12.8 Å². The lowest BCUT2D eigenvalue weighted by atomic mass is 10.1. The van der Waals surface area contributed by atoms with Gasteiger partial charge in [-0.2, -0.15) is 0 Å². The summed E-state index contributed by atoms with van der Waals surface area (Å²) in [6, 6.07) is 7.55. The van der Waals surface area contributed by atoms with Gasteiger partial charge >= 0.3 is 0 Å². The van der Waals surface area contributed by atoms with E-state index < -0.39 is 6.04 Å². The Hall–Kier alpha value is -2.04. The second kappa shape index (κ2) is 11.6. The third kappa shape index (κ3) is 7.24. The molecule has 2 amide bonds. The summed E-state index contributed by atoms with van der Waals surface area (Å²) < 4.78 is 0. The Labute approximate surface area is 163 Å². The van der Waals surface area contributed by atoms with Crippen LogP contribution in [0.1, 0.15) is 71.6 Å². The molecule has 0 saturated carbocycles. The van der Waals surface area contributed by atoms with Crippen molar-refractivity contribution in [2.75, 3.05) is 23.3 Å². The summed E-state index contributed by atoms with van der Waals surface area (Å²) in [5.41, 5.74) is 1.95. The molecule has 1 aromatic rings. The van der Waals surface area contributed by atoms with Gasteiger partial charge in [-0.3, -0.25) is 9.59 Å². The molecule has 0 unspecified atom stereocenters. The zero-order valence-electron chi connectivity index (χ0n) is 16.9. The highest BCUT2D eigenvalue weighted by Crippen LogP contribution is 2.23. The zero-order valence-corrected chi connectivity index (χ0v) is 16.9. The Bertz CT molecular complexity index is 597. The van der Waals surface area contributed by atoms with Crippen LogP contribution in [0.5, 0.6) is 0 Å². The van der Waals surface area contributed by atoms with Crippen molar-refractivity contribution in [2.24, 2.45) is 0 Å². The maximum absolute atomic E-state index is 12.8. The van der Waals surface area contributed by atoms with Gasteiger partial charge in [0, 0.05) is 30.9 Å². The van der Waals surface area contributed by atoms with Gasteiger partial charge in [0.1, 0.15) is 6.04 Å². The summed E-state index contributed by atoms with van der Waals surface area (Å²) in [5.74, 6) is -0.142. The van der Waals surface area contributed by atoms with E-state index in [1.54, 1.807) is 0 Å². The molecule has 0 radical (unpaired) electrons. The normalized spacial score (nSPS) is 14.8. The molecule has 1 aliphatic rings. The van der Waals surface area contributed by atoms with Crippen molar-refractivity contribution in [3.63, 3.8) is 0 Å². The number of benzene rings is 1. The SMILES string of the molecule is CCCCCC(=O)N[C@@H](CCCC)C(=O)Nc1cccc(N2CCCC2)c1. The Morgan fingerprint density at radius 1 is 1.07 bits per heavy atom. The molecule has 1 aromatic carbocycles. The van der Waals surface area contributed by atoms with Gasteiger partial charge < -0.3 is 15.5 Å². The average Bonchev–Trinajstić information content (AvgIpc) is 3.20. The van der Waals surface area contributed by atoms with Crippen LogP contribution in [0, 0.1) is 0 Å². The third-order valence-electron chi connectivity index (χ3n) is 5.09. The Kier molecular flexibility index (Phi) is 9.16. The fraction of sp³-hybridized carbons (Fsp3) is 0.636. The van der Waals surface area contributed by atoms with Gasteiger partial charge in [-0.1, -0.05) is 45.6 Å². The molecule has 0 aromatic heterocycles. The van der Waals surface area contributed by atoms with E-state index in [1.165, 1.54) is 12.8 Å². The molecule has 1 saturated heterocycles. The van der Waals surface area contributed by atoms with E-state index >= 15 is 0 Å². The summed E-state index contributed by atoms with van der Waals surface area (Å²) in [5, 5.41) is 5.95. The van der Waals surface area contributed by atoms with E-state index in [-0.39, 0.29) is 11.8 Å². The van der Waals surface area contributed by atoms with Crippen LogP contribution in [-0.4, -0.2) is 30.9 Å². The van der Waals surface area contributed by atoms with Crippen molar-refractivity contribution in [3.8, 4) is 0 Å². The van der Waals surface area contributed by atoms with Gasteiger partial charge in [0.15, 0.2) is 0 Å². The molecule has 1 fully saturated rings. The van der Waals surface area contributed by atoms with Crippen LogP contribution in [0.3, 0.4) is 0 Å². The van der Waals surface area contributed by atoms with Crippen LogP contribution in [0.25, 0.3) is 0 Å². The summed E-state index contributed by atoms with van der Waals surface area (Å²) in [7, 11) is 0. The number of rotatable bonds is 11. The molecule has 2 N–H and O–H groups in total. The van der Waals surface area contributed by atoms with Crippen molar-refractivity contribution in [2.45, 2.75) is 77.7 Å². The van der Waals surface area contributed by atoms with Crippen LogP contribution in [0.4, 0.5) is 11.4 Å². The van der Waals surface area contributed by atoms with Crippen LogP contribution in [0.15, 0.2) is 24.3 Å². The predicted molar refractivity (Wildman–Crippen MR) is 112 cm³/mol. The quantitative estimate of drug-likeness (QED) is 0.562. The van der Waals surface area contributed by atoms with E-state index in [9.17, 15) is 9.59 Å². The van der Waals surface area contributed by atoms with E-state index in [2.05, 4.69) is 35.4 Å². The number of carbonyl (C=O) groups is 2. The number of nitrogens with one attached hydrogen (secondary N) is 2. The molecule has 5 nitrogen and oxygen atoms in total. The van der Waals surface area contributed by atoms with Crippen molar-refractivity contribution >= 4 is 23.2 Å². The van der Waals surface area contributed by atoms with Crippen molar-refractivity contribution in [1.29, 1.82) is 0 Å². The van der Waals surface area contributed by atoms with Crippen LogP contribution in [-0.2, 0) is 9.59 Å². The van der Waals surface area contributed by atoms with Crippen molar-refractivity contribution in [3.05, 3.63) is 24.3 Å². The number of nitrogens with zero attached hydrogens (tertiary/aromatic N) is 1. The summed E-state index contributed by atoms with van der Waals surface area (Å²) in [6.07, 6.45) is 8.54. The Morgan fingerprint density at radius 2 is 1.81 bits per heavy atom. The standard InChI is InChI=1S/C22H35N3O2/c1-3-5-7-14-21(26)24-20(13-6-4-2)22(27)23-18-11-10-12-19(17-18)25-15-8-9-16-25/h10-12,17,20H,3-9,13-16H2,1-2H3,(H,23,27)(H,24,26)/t20-/m0/s1. The highest BCUT2D eigenvalue weighted by molar-refractivity contribution is 5.97. The topological polar surface area (TPSA) is 61.4 Å². The monoisotopic (exact) mass is 373 g/mol. The van der Waals surface area contributed by atoms with Crippen molar-refractivity contribution in [1.82, 2.24) is 5.32 Å². The Morgan fingerprint density at radius 3 is 2.52 bits per heavy atom. The highest BCUT2D eigenvalue weighted by atomic mass is 16.2. The van der Waals surface area contributed by atoms with Crippen LogP contribution < -0.4 is 15.5 Å². The molecule has 1 heterocycles. The lowest BCUT2D eigenvalue weighted by molar-refractivity contribution is -0.126. The molecular weight excluding hydrogens is 338 g/mol. The largest absolute Gasteiger partial charge is 0.371 e. The molecule has 0 bridgehead atoms. The number of unbranched alkanes of at least 4 members (excludes halogenated alkanes) is 3. The Balaban J connectivity index is 1.95. The zero-order chi connectivity index (χ0) is 19.5. The fourth-order valence-electron chi connectivity index (χ4n) is 3.46. The maximum atomic E-state index is 12.8. The molecule has 0 spiro atoms. The summed E-state index contributed by atoms with van der Waals surface area (Å²) in [6.45, 7) is 6.36. The molecule has 2 rings (SSSR count). The second-order valence-corrected chi connectivity index (χ2v) is 7.45. The maximum Gasteiger partial charge on any atom is 0.246 e. The van der Waals surface area contributed by atoms with Gasteiger partial charge in [-0.15, -0.1) is 0 Å². The number of carbonyl (C=O) groups excluding carboxylic acids is 2. The number of hydrogen-bond donors (Lipinski definition) is 2. The molecule has 0 aliphatic carbocycles. The molecule has 1 atom stereocenters. The van der Waals surface area contributed by atoms with Gasteiger partial charge in [0.05, 0.1) is 0 Å². The predicted octanol–water partition coefficient (Wildman–Crippen LogP) is 4.48. The number of anilines is 2. The molecule has 5 heteroatoms. The lowest BCUT2D eigenvalue weighted by Crippen LogP contribution is -2.43. The van der Waals surface area contributed by atoms with E-state index in [1.807, 2.05) is 18.2 Å². The van der Waals surface area contributed by atoms with Crippen molar-refractivity contribution < 1.29 is 9.59 Å². The van der Waals surface area contributed by atoms with Crippen LogP contribution >= 0.6 is 0 Å². The second-order valence-electron chi connectivity index (χ2n) is 7.45. The molecule has 1 aliphatic heterocycles. The number of amides is 2. The minimum atomic E-state index is -0.463. The van der Waals surface area contributed by atoms with Gasteiger partial charge in [-0.05, 0) is 43.9 Å². The summed E-state index contributed by atoms with van der Waals surface area (Å²) in [4.78, 5) is 27.3. The summed E-state index contributed by atoms with van der Waals surface area (Å²) >= 11 is 0. The first-order valence-corrected chi connectivity index (χ1v) is 10.6. The highest BCUT2D eigenvalue weighted by Gasteiger charge is 2.21. The fourth-order valence-corrected chi connectivity index (χ4v) is 3.46. The first kappa shape index (κ1) is 21.3.